The summed E-state index contributed by atoms with van der Waals surface area (Å²) in [4.78, 5) is 10.8. The Morgan fingerprint density at radius 3 is 2.15 bits per heavy atom. The van der Waals surface area contributed by atoms with Crippen LogP contribution in [0.4, 0.5) is 0 Å². The fraction of sp³-hybridized carbons (Fsp3) is 0.929. The molecule has 2 N–H and O–H groups in total. The van der Waals surface area contributed by atoms with Crippen LogP contribution in [-0.2, 0) is 19.0 Å². The first kappa shape index (κ1) is 19.3. The van der Waals surface area contributed by atoms with E-state index in [-0.39, 0.29) is 18.1 Å². The Hall–Kier alpha value is -0.690. The highest BCUT2D eigenvalue weighted by Gasteiger charge is 2.07. The summed E-state index contributed by atoms with van der Waals surface area (Å²) in [5.41, 5.74) is 0. The Kier molecular flexibility index (Phi) is 11.7. The van der Waals surface area contributed by atoms with Crippen molar-refractivity contribution in [3.05, 3.63) is 0 Å². The van der Waals surface area contributed by atoms with Gasteiger partial charge in [-0.05, 0) is 27.8 Å². The van der Waals surface area contributed by atoms with E-state index < -0.39 is 0 Å². The van der Waals surface area contributed by atoms with E-state index in [2.05, 4.69) is 17.6 Å². The zero-order valence-corrected chi connectivity index (χ0v) is 13.4. The Labute approximate surface area is 122 Å². The molecule has 0 spiro atoms. The molecule has 0 aliphatic carbocycles. The SMILES string of the molecule is CNC(C)COCCOCC(C)OCC(C)NC(C)=O. The highest BCUT2D eigenvalue weighted by atomic mass is 16.5. The molecule has 3 unspecified atom stereocenters. The largest absolute Gasteiger partial charge is 0.377 e. The molecule has 1 amide bonds. The number of hydrogen-bond acceptors (Lipinski definition) is 5. The van der Waals surface area contributed by atoms with Gasteiger partial charge in [0.25, 0.3) is 0 Å². The molecular formula is C14H30N2O4. The van der Waals surface area contributed by atoms with Crippen LogP contribution >= 0.6 is 0 Å². The third kappa shape index (κ3) is 12.3. The fourth-order valence-electron chi connectivity index (χ4n) is 1.46. The molecular weight excluding hydrogens is 260 g/mol. The quantitative estimate of drug-likeness (QED) is 0.514. The van der Waals surface area contributed by atoms with Crippen LogP contribution in [0.2, 0.25) is 0 Å². The van der Waals surface area contributed by atoms with E-state index in [9.17, 15) is 4.79 Å². The minimum Gasteiger partial charge on any atom is -0.377 e. The van der Waals surface area contributed by atoms with Gasteiger partial charge in [-0.25, -0.2) is 0 Å². The van der Waals surface area contributed by atoms with Gasteiger partial charge in [-0.15, -0.1) is 0 Å². The van der Waals surface area contributed by atoms with Crippen LogP contribution in [-0.4, -0.2) is 64.2 Å². The van der Waals surface area contributed by atoms with Gasteiger partial charge in [-0.2, -0.15) is 0 Å². The van der Waals surface area contributed by atoms with Crippen molar-refractivity contribution in [3.63, 3.8) is 0 Å². The summed E-state index contributed by atoms with van der Waals surface area (Å²) in [6.45, 7) is 10.3. The molecule has 0 heterocycles. The lowest BCUT2D eigenvalue weighted by molar-refractivity contribution is -0.120. The lowest BCUT2D eigenvalue weighted by atomic mass is 10.3. The molecule has 0 aromatic carbocycles. The first-order chi connectivity index (χ1) is 9.45. The van der Waals surface area contributed by atoms with E-state index in [1.807, 2.05) is 20.9 Å². The van der Waals surface area contributed by atoms with Gasteiger partial charge < -0.3 is 24.8 Å². The smallest absolute Gasteiger partial charge is 0.217 e. The maximum Gasteiger partial charge on any atom is 0.217 e. The van der Waals surface area contributed by atoms with Crippen LogP contribution in [0.25, 0.3) is 0 Å². The summed E-state index contributed by atoms with van der Waals surface area (Å²) in [5.74, 6) is -0.0436. The van der Waals surface area contributed by atoms with E-state index in [1.54, 1.807) is 0 Å². The van der Waals surface area contributed by atoms with Gasteiger partial charge in [-0.1, -0.05) is 0 Å². The van der Waals surface area contributed by atoms with Gasteiger partial charge in [-0.3, -0.25) is 4.79 Å². The predicted molar refractivity (Wildman–Crippen MR) is 78.9 cm³/mol. The minimum absolute atomic E-state index is 0.00226. The van der Waals surface area contributed by atoms with Gasteiger partial charge in [0, 0.05) is 19.0 Å². The van der Waals surface area contributed by atoms with Gasteiger partial charge >= 0.3 is 0 Å². The highest BCUT2D eigenvalue weighted by molar-refractivity contribution is 5.73. The number of likely N-dealkylation sites (N-methyl/N-ethyl adjacent to an activating group) is 1. The minimum atomic E-state index is -0.0436. The summed E-state index contributed by atoms with van der Waals surface area (Å²) >= 11 is 0. The van der Waals surface area contributed by atoms with Crippen molar-refractivity contribution in [1.82, 2.24) is 10.6 Å². The Bertz CT molecular complexity index is 251. The number of ether oxygens (including phenoxy) is 3. The average molecular weight is 290 g/mol. The monoisotopic (exact) mass is 290 g/mol. The Morgan fingerprint density at radius 2 is 1.60 bits per heavy atom. The highest BCUT2D eigenvalue weighted by Crippen LogP contribution is 1.95. The van der Waals surface area contributed by atoms with Crippen LogP contribution in [0.15, 0.2) is 0 Å². The molecule has 0 aromatic heterocycles. The van der Waals surface area contributed by atoms with Gasteiger partial charge in [0.1, 0.15) is 0 Å². The van der Waals surface area contributed by atoms with Gasteiger partial charge in [0.05, 0.1) is 39.1 Å². The van der Waals surface area contributed by atoms with E-state index in [4.69, 9.17) is 14.2 Å². The molecule has 0 fully saturated rings. The van der Waals surface area contributed by atoms with Crippen molar-refractivity contribution >= 4 is 5.91 Å². The van der Waals surface area contributed by atoms with Crippen LogP contribution < -0.4 is 10.6 Å². The van der Waals surface area contributed by atoms with Crippen LogP contribution in [0.1, 0.15) is 27.7 Å². The molecule has 0 aliphatic heterocycles. The summed E-state index contributed by atoms with van der Waals surface area (Å²) in [6, 6.07) is 0.369. The summed E-state index contributed by atoms with van der Waals surface area (Å²) in [5, 5.41) is 5.87. The number of carbonyl (C=O) groups excluding carboxylic acids is 1. The average Bonchev–Trinajstić information content (AvgIpc) is 2.39. The van der Waals surface area contributed by atoms with Crippen LogP contribution in [0.5, 0.6) is 0 Å². The number of hydrogen-bond donors (Lipinski definition) is 2. The summed E-state index contributed by atoms with van der Waals surface area (Å²) in [7, 11) is 1.91. The molecule has 0 saturated heterocycles. The summed E-state index contributed by atoms with van der Waals surface area (Å²) in [6.07, 6.45) is 0.00226. The molecule has 0 rings (SSSR count). The summed E-state index contributed by atoms with van der Waals surface area (Å²) < 4.78 is 16.5. The number of nitrogens with one attached hydrogen (secondary N) is 2. The third-order valence-corrected chi connectivity index (χ3v) is 2.67. The van der Waals surface area contributed by atoms with Crippen molar-refractivity contribution in [2.24, 2.45) is 0 Å². The van der Waals surface area contributed by atoms with Crippen molar-refractivity contribution in [3.8, 4) is 0 Å². The van der Waals surface area contributed by atoms with Crippen molar-refractivity contribution < 1.29 is 19.0 Å². The molecule has 3 atom stereocenters. The zero-order valence-electron chi connectivity index (χ0n) is 13.4. The lowest BCUT2D eigenvalue weighted by Crippen LogP contribution is -2.35. The molecule has 6 nitrogen and oxygen atoms in total. The standard InChI is InChI=1S/C14H30N2O4/c1-11(15-5)8-18-6-7-19-10-13(3)20-9-12(2)16-14(4)17/h11-13,15H,6-10H2,1-5H3,(H,16,17). The first-order valence-electron chi connectivity index (χ1n) is 7.17. The van der Waals surface area contributed by atoms with Crippen molar-refractivity contribution in [1.29, 1.82) is 0 Å². The second kappa shape index (κ2) is 12.1. The fourth-order valence-corrected chi connectivity index (χ4v) is 1.46. The van der Waals surface area contributed by atoms with Crippen LogP contribution in [0, 0.1) is 0 Å². The number of carbonyl (C=O) groups is 1. The maximum atomic E-state index is 10.8. The molecule has 120 valence electrons. The molecule has 6 heteroatoms. The predicted octanol–water partition coefficient (Wildman–Crippen LogP) is 0.557. The van der Waals surface area contributed by atoms with E-state index in [1.165, 1.54) is 6.92 Å². The number of amides is 1. The molecule has 20 heavy (non-hydrogen) atoms. The van der Waals surface area contributed by atoms with E-state index in [0.29, 0.717) is 39.1 Å². The third-order valence-electron chi connectivity index (χ3n) is 2.67. The first-order valence-corrected chi connectivity index (χ1v) is 7.17. The van der Waals surface area contributed by atoms with Crippen molar-refractivity contribution in [2.45, 2.75) is 45.9 Å². The number of rotatable bonds is 12. The van der Waals surface area contributed by atoms with Gasteiger partial charge in [0.15, 0.2) is 0 Å². The Morgan fingerprint density at radius 1 is 1.00 bits per heavy atom. The molecule has 0 radical (unpaired) electrons. The normalized spacial score (nSPS) is 15.7. The molecule has 0 bridgehead atoms. The van der Waals surface area contributed by atoms with Crippen LogP contribution in [0.3, 0.4) is 0 Å². The van der Waals surface area contributed by atoms with E-state index in [0.717, 1.165) is 0 Å². The lowest BCUT2D eigenvalue weighted by Gasteiger charge is -2.18. The van der Waals surface area contributed by atoms with E-state index >= 15 is 0 Å². The topological polar surface area (TPSA) is 68.8 Å². The second-order valence-corrected chi connectivity index (χ2v) is 5.09. The molecule has 0 aliphatic rings. The second-order valence-electron chi connectivity index (χ2n) is 5.09. The van der Waals surface area contributed by atoms with Crippen molar-refractivity contribution in [2.75, 3.05) is 40.1 Å². The molecule has 0 saturated carbocycles. The van der Waals surface area contributed by atoms with Gasteiger partial charge in [0.2, 0.25) is 5.91 Å². The zero-order chi connectivity index (χ0) is 15.4. The maximum absolute atomic E-state index is 10.8. The Balaban J connectivity index is 3.40. The molecule has 0 aromatic rings.